The van der Waals surface area contributed by atoms with Crippen molar-refractivity contribution in [3.05, 3.63) is 94.2 Å². The second kappa shape index (κ2) is 31.5. The van der Waals surface area contributed by atoms with Gasteiger partial charge in [-0.2, -0.15) is 50.9 Å². The number of hydrogen-bond donors (Lipinski definition) is 8. The summed E-state index contributed by atoms with van der Waals surface area (Å²) in [6.45, 7) is 6.12. The highest BCUT2D eigenvalue weighted by molar-refractivity contribution is 7.90. The number of fused-ring (bicyclic) bond motifs is 2. The summed E-state index contributed by atoms with van der Waals surface area (Å²) in [5.74, 6) is 1.07. The molecule has 8 rings (SSSR count). The summed E-state index contributed by atoms with van der Waals surface area (Å²) in [4.78, 5) is 105. The van der Waals surface area contributed by atoms with Gasteiger partial charge in [-0.15, -0.1) is 6.42 Å². The summed E-state index contributed by atoms with van der Waals surface area (Å²) in [6, 6.07) is 9.47. The number of benzene rings is 2. The fourth-order valence-electron chi connectivity index (χ4n) is 7.69. The molecule has 4 aromatic heterocycles. The van der Waals surface area contributed by atoms with Gasteiger partial charge in [0.1, 0.15) is 23.1 Å². The molecule has 41 heteroatoms. The summed E-state index contributed by atoms with van der Waals surface area (Å²) in [5.41, 5.74) is 0.419. The number of carboxylic acid groups (broad SMARTS) is 1. The fraction of sp³-hybridized carbons (Fsp3) is 0.353. The van der Waals surface area contributed by atoms with Crippen molar-refractivity contribution in [2.75, 3.05) is 76.9 Å². The van der Waals surface area contributed by atoms with Crippen LogP contribution in [0.25, 0.3) is 0 Å². The van der Waals surface area contributed by atoms with Gasteiger partial charge >= 0.3 is 37.8 Å². The van der Waals surface area contributed by atoms with Crippen LogP contribution in [0.2, 0.25) is 0 Å². The lowest BCUT2D eigenvalue weighted by Crippen LogP contribution is -2.39. The Labute approximate surface area is 525 Å². The zero-order chi connectivity index (χ0) is 68.5. The SMILES string of the molecule is C#CCN1C(=O)COc2cc(F)c(/N=c3\snc4n3CC(C)(C)C4)cc21.COc1cc(OC)nc(NC(=O)NS(=O)(=O)c2ncccc2C(=O)N(C)C)n1.COc1nc(C)nc(NC(=O)NS(=O)(=O)c2ccccc2CCC(F)(F)F)n1.O=C(O)CNCP(=O)(O)O. The van der Waals surface area contributed by atoms with Crippen molar-refractivity contribution >= 4 is 92.3 Å². The zero-order valence-electron chi connectivity index (χ0n) is 49.7. The van der Waals surface area contributed by atoms with Crippen LogP contribution >= 0.6 is 19.1 Å². The molecule has 2 aliphatic heterocycles. The third-order valence-electron chi connectivity index (χ3n) is 11.5. The monoisotopic (exact) mass is 1370 g/mol. The highest BCUT2D eigenvalue weighted by Gasteiger charge is 2.33. The van der Waals surface area contributed by atoms with Crippen molar-refractivity contribution in [2.24, 2.45) is 10.4 Å². The van der Waals surface area contributed by atoms with E-state index in [1.165, 1.54) is 118 Å². The zero-order valence-corrected chi connectivity index (χ0v) is 53.0. The molecule has 0 atom stereocenters. The smallest absolute Gasteiger partial charge is 0.389 e. The number of alkyl halides is 3. The Balaban J connectivity index is 0.000000233. The quantitative estimate of drug-likeness (QED) is 0.0347. The number of nitrogens with one attached hydrogen (secondary N) is 5. The van der Waals surface area contributed by atoms with Crippen molar-refractivity contribution in [3.63, 3.8) is 0 Å². The second-order valence-corrected chi connectivity index (χ2v) is 25.3. The largest absolute Gasteiger partial charge is 0.481 e. The van der Waals surface area contributed by atoms with Gasteiger partial charge in [0.25, 0.3) is 31.9 Å². The molecular weight excluding hydrogens is 1310 g/mol. The number of aliphatic carboxylic acids is 1. The molecule has 0 saturated carbocycles. The number of ether oxygens (including phenoxy) is 4. The molecule has 8 N–H and O–H groups in total. The first-order chi connectivity index (χ1) is 43.0. The van der Waals surface area contributed by atoms with Gasteiger partial charge in [-0.3, -0.25) is 39.8 Å². The molecule has 2 aliphatic rings. The molecule has 496 valence electrons. The minimum Gasteiger partial charge on any atom is -0.481 e. The maximum absolute atomic E-state index is 14.5. The number of aryl methyl sites for hydroxylation is 2. The standard InChI is InChI=1S/C18H17FN4O2S.C15H16F3N5O4S.C15H18N6O6S.C3H8NO5P/c1-4-5-22-13-7-12(11(19)6-14(13)25-9-16(22)24)20-17-23-10-18(2,3)8-15(23)21-26-17;1-9-19-12(22-14(20-9)27-2)21-13(24)23-28(25,26)11-6-4-3-5-10(11)7-8-15(16,17)18;1-21(2)13(22)9-6-5-7-16-12(9)28(24,25)20-15(23)19-14-17-10(26-3)8-11(18-14)27-4;5-3(6)1-4-2-10(7,8)9/h1,6-7H,5,8-10H2,2-3H3;3-6H,7-8H2,1-2H3,(H2,19,20,21,22,23,24);5-8H,1-4H3,(H2,17,18,19,20,23);4H,1-2H2,(H,5,6)(H2,7,8,9)/b20-17-;;;. The Morgan fingerprint density at radius 1 is 0.913 bits per heavy atom. The number of pyridine rings is 1. The average Bonchev–Trinajstić information content (AvgIpc) is 1.45. The molecule has 6 aromatic rings. The Kier molecular flexibility index (Phi) is 25.1. The molecule has 92 heavy (non-hydrogen) atoms. The summed E-state index contributed by atoms with van der Waals surface area (Å²) in [5, 5.41) is 13.7. The van der Waals surface area contributed by atoms with Gasteiger partial charge in [-0.1, -0.05) is 38.0 Å². The summed E-state index contributed by atoms with van der Waals surface area (Å²) < 4.78 is 142. The van der Waals surface area contributed by atoms with Gasteiger partial charge in [0.05, 0.1) is 62.9 Å². The van der Waals surface area contributed by atoms with Crippen molar-refractivity contribution in [1.29, 1.82) is 0 Å². The number of amides is 6. The fourth-order valence-corrected chi connectivity index (χ4v) is 11.1. The highest BCUT2D eigenvalue weighted by Crippen LogP contribution is 2.38. The molecule has 6 amide bonds. The van der Waals surface area contributed by atoms with Gasteiger partial charge in [0.2, 0.25) is 28.5 Å². The maximum Gasteiger partial charge on any atom is 0.389 e. The van der Waals surface area contributed by atoms with Crippen molar-refractivity contribution in [3.8, 4) is 35.9 Å². The first-order valence-electron chi connectivity index (χ1n) is 26.0. The van der Waals surface area contributed by atoms with E-state index in [2.05, 4.69) is 75.0 Å². The molecule has 0 saturated heterocycles. The summed E-state index contributed by atoms with van der Waals surface area (Å²) in [7, 11) is -6.09. The van der Waals surface area contributed by atoms with Crippen LogP contribution < -0.4 is 54.0 Å². The lowest BCUT2D eigenvalue weighted by molar-refractivity contribution is -0.136. The Hall–Kier alpha value is -9.52. The normalized spacial score (nSPS) is 13.2. The number of anilines is 3. The van der Waals surface area contributed by atoms with E-state index in [1.807, 2.05) is 4.57 Å². The predicted octanol–water partition coefficient (Wildman–Crippen LogP) is 3.35. The van der Waals surface area contributed by atoms with E-state index in [0.29, 0.717) is 16.2 Å². The van der Waals surface area contributed by atoms with Crippen LogP contribution in [0.15, 0.2) is 75.7 Å². The van der Waals surface area contributed by atoms with Crippen LogP contribution in [-0.2, 0) is 53.6 Å². The first-order valence-corrected chi connectivity index (χ1v) is 31.5. The van der Waals surface area contributed by atoms with Gasteiger partial charge < -0.3 is 43.3 Å². The summed E-state index contributed by atoms with van der Waals surface area (Å²) in [6.07, 6.45) is 0.612. The number of nitrogens with zero attached hydrogens (tertiary/aromatic N) is 11. The minimum absolute atomic E-state index is 0.0715. The topological polar surface area (TPSA) is 442 Å². The maximum atomic E-state index is 14.5. The molecule has 0 spiro atoms. The molecule has 33 nitrogen and oxygen atoms in total. The van der Waals surface area contributed by atoms with Crippen molar-refractivity contribution in [1.82, 2.24) is 58.5 Å². The van der Waals surface area contributed by atoms with E-state index in [4.69, 9.17) is 40.3 Å². The number of methoxy groups -OCH3 is 3. The number of sulfonamides is 2. The number of rotatable bonds is 18. The van der Waals surface area contributed by atoms with Crippen molar-refractivity contribution in [2.45, 2.75) is 62.7 Å². The Morgan fingerprint density at radius 3 is 2.13 bits per heavy atom. The molecule has 2 aromatic carbocycles. The number of hydrogen-bond acceptors (Lipinski definition) is 24. The van der Waals surface area contributed by atoms with Crippen LogP contribution in [0, 0.1) is 30.5 Å². The number of aromatic nitrogens is 8. The number of terminal acetylenes is 1. The van der Waals surface area contributed by atoms with Crippen LogP contribution in [0.4, 0.5) is 50.4 Å². The second-order valence-electron chi connectivity index (χ2n) is 19.7. The number of halogens is 4. The molecule has 0 radical (unpaired) electrons. The van der Waals surface area contributed by atoms with E-state index >= 15 is 0 Å². The molecular formula is C51H59F4N16O17PS3. The molecule has 6 heterocycles. The van der Waals surface area contributed by atoms with Crippen LogP contribution in [0.1, 0.15) is 47.8 Å². The van der Waals surface area contributed by atoms with Crippen LogP contribution in [0.3, 0.4) is 0 Å². The van der Waals surface area contributed by atoms with Crippen molar-refractivity contribution < 1.29 is 96.8 Å². The lowest BCUT2D eigenvalue weighted by Gasteiger charge is -2.28. The average molecular weight is 1370 g/mol. The van der Waals surface area contributed by atoms with Gasteiger partial charge in [0, 0.05) is 57.3 Å². The van der Waals surface area contributed by atoms with E-state index in [0.717, 1.165) is 24.9 Å². The van der Waals surface area contributed by atoms with Crippen LogP contribution in [0.5, 0.6) is 23.5 Å². The van der Waals surface area contributed by atoms with E-state index < -0.39 is 99.2 Å². The van der Waals surface area contributed by atoms with E-state index in [9.17, 15) is 62.9 Å². The van der Waals surface area contributed by atoms with Gasteiger partial charge in [-0.05, 0) is 48.6 Å². The number of carbonyl (C=O) groups is 5. The van der Waals surface area contributed by atoms with E-state index in [-0.39, 0.29) is 76.8 Å². The Bertz CT molecular complexity index is 4090. The van der Waals surface area contributed by atoms with Crippen LogP contribution in [-0.4, -0.2) is 173 Å². The highest BCUT2D eigenvalue weighted by atomic mass is 32.2. The third kappa shape index (κ3) is 21.9. The minimum atomic E-state index is -4.46. The summed E-state index contributed by atoms with van der Waals surface area (Å²) >= 11 is 1.24. The molecule has 0 fully saturated rings. The predicted molar refractivity (Wildman–Crippen MR) is 316 cm³/mol. The first kappa shape index (κ1) is 73.2. The van der Waals surface area contributed by atoms with Gasteiger partial charge in [0.15, 0.2) is 17.5 Å². The molecule has 0 bridgehead atoms. The number of urea groups is 2. The lowest BCUT2D eigenvalue weighted by atomic mass is 9.92. The van der Waals surface area contributed by atoms with Gasteiger partial charge in [-0.25, -0.2) is 41.8 Å². The third-order valence-corrected chi connectivity index (χ3v) is 15.7. The molecule has 0 aliphatic carbocycles. The number of carbonyl (C=O) groups excluding carboxylic acids is 4. The Morgan fingerprint density at radius 2 is 1.54 bits per heavy atom. The molecule has 0 unspecified atom stereocenters. The number of carboxylic acids is 1. The van der Waals surface area contributed by atoms with E-state index in [1.54, 1.807) is 9.44 Å².